The molecule has 0 fully saturated rings. The standard InChI is InChI=1S/C14H11BrFNO4/c1-8(18)11-4-3-10(7-12(11)15)21-14-5-2-9(17(19)20)6-13(14)16/h2-8,18H,1H3/t8-/m0/s1. The average Bonchev–Trinajstić information content (AvgIpc) is 2.40. The van der Waals surface area contributed by atoms with Crippen LogP contribution in [0.1, 0.15) is 18.6 Å². The van der Waals surface area contributed by atoms with Gasteiger partial charge in [0.15, 0.2) is 11.6 Å². The molecule has 21 heavy (non-hydrogen) atoms. The highest BCUT2D eigenvalue weighted by molar-refractivity contribution is 9.10. The zero-order chi connectivity index (χ0) is 15.6. The number of aliphatic hydroxyl groups is 1. The first-order chi connectivity index (χ1) is 9.88. The number of hydrogen-bond acceptors (Lipinski definition) is 4. The van der Waals surface area contributed by atoms with Gasteiger partial charge in [0.25, 0.3) is 5.69 Å². The van der Waals surface area contributed by atoms with Crippen LogP contribution in [0.3, 0.4) is 0 Å². The van der Waals surface area contributed by atoms with Gasteiger partial charge in [0.1, 0.15) is 5.75 Å². The van der Waals surface area contributed by atoms with E-state index in [9.17, 15) is 19.6 Å². The van der Waals surface area contributed by atoms with Gasteiger partial charge in [-0.15, -0.1) is 0 Å². The number of non-ortho nitro benzene ring substituents is 1. The maximum Gasteiger partial charge on any atom is 0.272 e. The van der Waals surface area contributed by atoms with Crippen LogP contribution in [0, 0.1) is 15.9 Å². The van der Waals surface area contributed by atoms with Gasteiger partial charge in [-0.05, 0) is 30.7 Å². The molecule has 2 aromatic rings. The molecule has 0 unspecified atom stereocenters. The Balaban J connectivity index is 2.26. The lowest BCUT2D eigenvalue weighted by atomic mass is 10.1. The summed E-state index contributed by atoms with van der Waals surface area (Å²) < 4.78 is 19.7. The number of ether oxygens (including phenoxy) is 1. The average molecular weight is 356 g/mol. The fraction of sp³-hybridized carbons (Fsp3) is 0.143. The first-order valence-corrected chi connectivity index (χ1v) is 6.77. The summed E-state index contributed by atoms with van der Waals surface area (Å²) in [5.41, 5.74) is 0.331. The first-order valence-electron chi connectivity index (χ1n) is 5.98. The van der Waals surface area contributed by atoms with Crippen LogP contribution in [0.4, 0.5) is 10.1 Å². The molecule has 0 aliphatic heterocycles. The second-order valence-corrected chi connectivity index (χ2v) is 5.19. The lowest BCUT2D eigenvalue weighted by molar-refractivity contribution is -0.385. The molecule has 0 bridgehead atoms. The van der Waals surface area contributed by atoms with Crippen molar-refractivity contribution in [2.45, 2.75) is 13.0 Å². The minimum atomic E-state index is -0.820. The van der Waals surface area contributed by atoms with Gasteiger partial charge >= 0.3 is 0 Å². The van der Waals surface area contributed by atoms with E-state index >= 15 is 0 Å². The van der Waals surface area contributed by atoms with Crippen LogP contribution in [-0.4, -0.2) is 10.0 Å². The Kier molecular flexibility index (Phi) is 4.54. The number of halogens is 2. The Morgan fingerprint density at radius 1 is 1.33 bits per heavy atom. The summed E-state index contributed by atoms with van der Waals surface area (Å²) in [7, 11) is 0. The summed E-state index contributed by atoms with van der Waals surface area (Å²) in [6, 6.07) is 7.97. The van der Waals surface area contributed by atoms with E-state index in [-0.39, 0.29) is 11.4 Å². The Morgan fingerprint density at radius 3 is 2.57 bits per heavy atom. The third-order valence-corrected chi connectivity index (χ3v) is 3.46. The van der Waals surface area contributed by atoms with Crippen LogP contribution in [0.2, 0.25) is 0 Å². The molecule has 0 aromatic heterocycles. The SMILES string of the molecule is C[C@H](O)c1ccc(Oc2ccc([N+](=O)[O-])cc2F)cc1Br. The molecule has 110 valence electrons. The third-order valence-electron chi connectivity index (χ3n) is 2.78. The van der Waals surface area contributed by atoms with E-state index in [0.29, 0.717) is 15.8 Å². The van der Waals surface area contributed by atoms with Crippen LogP contribution in [0.15, 0.2) is 40.9 Å². The number of benzene rings is 2. The smallest absolute Gasteiger partial charge is 0.272 e. The molecule has 1 atom stereocenters. The number of rotatable bonds is 4. The molecule has 0 amide bonds. The fourth-order valence-electron chi connectivity index (χ4n) is 1.72. The van der Waals surface area contributed by atoms with Crippen LogP contribution in [0.5, 0.6) is 11.5 Å². The Morgan fingerprint density at radius 2 is 2.05 bits per heavy atom. The summed E-state index contributed by atoms with van der Waals surface area (Å²) in [5, 5.41) is 20.1. The van der Waals surface area contributed by atoms with Gasteiger partial charge in [-0.25, -0.2) is 4.39 Å². The maximum absolute atomic E-state index is 13.7. The van der Waals surface area contributed by atoms with E-state index < -0.39 is 16.8 Å². The molecule has 5 nitrogen and oxygen atoms in total. The molecule has 2 aromatic carbocycles. The molecule has 2 rings (SSSR count). The van der Waals surface area contributed by atoms with Crippen molar-refractivity contribution in [1.82, 2.24) is 0 Å². The van der Waals surface area contributed by atoms with Crippen LogP contribution in [0.25, 0.3) is 0 Å². The monoisotopic (exact) mass is 355 g/mol. The minimum absolute atomic E-state index is 0.114. The molecule has 0 aliphatic rings. The zero-order valence-electron chi connectivity index (χ0n) is 10.9. The van der Waals surface area contributed by atoms with E-state index in [1.165, 1.54) is 6.07 Å². The van der Waals surface area contributed by atoms with E-state index in [4.69, 9.17) is 4.74 Å². The molecule has 0 spiro atoms. The van der Waals surface area contributed by atoms with Gasteiger partial charge in [-0.1, -0.05) is 22.0 Å². The summed E-state index contributed by atoms with van der Waals surface area (Å²) >= 11 is 3.29. The molecule has 1 N–H and O–H groups in total. The van der Waals surface area contributed by atoms with Crippen molar-refractivity contribution in [2.75, 3.05) is 0 Å². The maximum atomic E-state index is 13.7. The van der Waals surface area contributed by atoms with E-state index in [1.807, 2.05) is 0 Å². The summed E-state index contributed by atoms with van der Waals surface area (Å²) in [5.74, 6) is -0.587. The molecule has 0 heterocycles. The molecular weight excluding hydrogens is 345 g/mol. The summed E-state index contributed by atoms with van der Waals surface area (Å²) in [4.78, 5) is 9.86. The van der Waals surface area contributed by atoms with Crippen molar-refractivity contribution in [2.24, 2.45) is 0 Å². The van der Waals surface area contributed by atoms with Crippen molar-refractivity contribution >= 4 is 21.6 Å². The topological polar surface area (TPSA) is 72.6 Å². The Labute approximate surface area is 128 Å². The highest BCUT2D eigenvalue weighted by atomic mass is 79.9. The van der Waals surface area contributed by atoms with Crippen LogP contribution in [-0.2, 0) is 0 Å². The number of hydrogen-bond donors (Lipinski definition) is 1. The fourth-order valence-corrected chi connectivity index (χ4v) is 2.41. The van der Waals surface area contributed by atoms with Crippen LogP contribution >= 0.6 is 15.9 Å². The van der Waals surface area contributed by atoms with Gasteiger partial charge in [-0.3, -0.25) is 10.1 Å². The molecule has 0 aliphatic carbocycles. The normalized spacial score (nSPS) is 12.0. The largest absolute Gasteiger partial charge is 0.454 e. The highest BCUT2D eigenvalue weighted by Gasteiger charge is 2.13. The summed E-state index contributed by atoms with van der Waals surface area (Å²) in [6.45, 7) is 1.62. The Hall–Kier alpha value is -1.99. The third kappa shape index (κ3) is 3.56. The van der Waals surface area contributed by atoms with Crippen molar-refractivity contribution in [1.29, 1.82) is 0 Å². The molecule has 0 radical (unpaired) electrons. The number of aliphatic hydroxyl groups excluding tert-OH is 1. The van der Waals surface area contributed by atoms with E-state index in [0.717, 1.165) is 12.1 Å². The van der Waals surface area contributed by atoms with Crippen molar-refractivity contribution < 1.29 is 19.2 Å². The molecule has 0 saturated carbocycles. The summed E-state index contributed by atoms with van der Waals surface area (Å²) in [6.07, 6.45) is -0.649. The molecular formula is C14H11BrFNO4. The predicted octanol–water partition coefficient (Wildman–Crippen LogP) is 4.34. The van der Waals surface area contributed by atoms with E-state index in [1.54, 1.807) is 25.1 Å². The lowest BCUT2D eigenvalue weighted by Gasteiger charge is -2.11. The predicted molar refractivity (Wildman–Crippen MR) is 77.9 cm³/mol. The lowest BCUT2D eigenvalue weighted by Crippen LogP contribution is -1.95. The van der Waals surface area contributed by atoms with Crippen molar-refractivity contribution in [3.63, 3.8) is 0 Å². The quantitative estimate of drug-likeness (QED) is 0.653. The second-order valence-electron chi connectivity index (χ2n) is 4.33. The number of nitro groups is 1. The van der Waals surface area contributed by atoms with Crippen molar-refractivity contribution in [3.8, 4) is 11.5 Å². The number of nitrogens with zero attached hydrogens (tertiary/aromatic N) is 1. The zero-order valence-corrected chi connectivity index (χ0v) is 12.5. The molecule has 0 saturated heterocycles. The molecule has 7 heteroatoms. The minimum Gasteiger partial charge on any atom is -0.454 e. The van der Waals surface area contributed by atoms with Gasteiger partial charge in [0.2, 0.25) is 0 Å². The van der Waals surface area contributed by atoms with Crippen LogP contribution < -0.4 is 4.74 Å². The number of nitro benzene ring substituents is 1. The van der Waals surface area contributed by atoms with Gasteiger partial charge in [-0.2, -0.15) is 0 Å². The Bertz CT molecular complexity index is 691. The van der Waals surface area contributed by atoms with Gasteiger partial charge in [0, 0.05) is 10.5 Å². The van der Waals surface area contributed by atoms with Crippen molar-refractivity contribution in [3.05, 3.63) is 62.4 Å². The first kappa shape index (κ1) is 15.4. The van der Waals surface area contributed by atoms with E-state index in [2.05, 4.69) is 15.9 Å². The van der Waals surface area contributed by atoms with Gasteiger partial charge < -0.3 is 9.84 Å². The highest BCUT2D eigenvalue weighted by Crippen LogP contribution is 2.32. The van der Waals surface area contributed by atoms with Gasteiger partial charge in [0.05, 0.1) is 17.1 Å². The second kappa shape index (κ2) is 6.19.